The Morgan fingerprint density at radius 1 is 1.61 bits per heavy atom. The zero-order valence-corrected chi connectivity index (χ0v) is 10.1. The summed E-state index contributed by atoms with van der Waals surface area (Å²) in [6, 6.07) is 0. The highest BCUT2D eigenvalue weighted by Crippen LogP contribution is 2.13. The number of hydrogen-bond donors (Lipinski definition) is 3. The van der Waals surface area contributed by atoms with Gasteiger partial charge in [0.15, 0.2) is 0 Å². The average molecular weight is 251 g/mol. The van der Waals surface area contributed by atoms with Crippen molar-refractivity contribution in [2.45, 2.75) is 19.4 Å². The number of carbonyl (C=O) groups is 2. The van der Waals surface area contributed by atoms with Gasteiger partial charge in [-0.2, -0.15) is 5.10 Å². The molecule has 0 aromatic carbocycles. The van der Waals surface area contributed by atoms with Gasteiger partial charge in [-0.05, 0) is 19.4 Å². The van der Waals surface area contributed by atoms with Crippen LogP contribution in [-0.4, -0.2) is 34.7 Å². The Balaban J connectivity index is 1.90. The van der Waals surface area contributed by atoms with Crippen molar-refractivity contribution in [3.63, 3.8) is 0 Å². The maximum Gasteiger partial charge on any atom is 0.239 e. The Bertz CT molecular complexity index is 436. The van der Waals surface area contributed by atoms with E-state index in [0.717, 1.165) is 19.4 Å². The van der Waals surface area contributed by atoms with Crippen molar-refractivity contribution < 1.29 is 9.59 Å². The first-order valence-electron chi connectivity index (χ1n) is 5.97. The van der Waals surface area contributed by atoms with E-state index in [9.17, 15) is 9.59 Å². The molecule has 0 saturated carbocycles. The third kappa shape index (κ3) is 3.30. The van der Waals surface area contributed by atoms with Crippen LogP contribution in [0.25, 0.3) is 0 Å². The van der Waals surface area contributed by atoms with E-state index in [1.807, 2.05) is 0 Å². The third-order valence-electron chi connectivity index (χ3n) is 2.89. The van der Waals surface area contributed by atoms with Crippen molar-refractivity contribution in [2.75, 3.05) is 18.4 Å². The minimum absolute atomic E-state index is 0.00163. The molecule has 1 unspecified atom stereocenters. The highest BCUT2D eigenvalue weighted by atomic mass is 16.2. The van der Waals surface area contributed by atoms with Crippen molar-refractivity contribution in [2.24, 2.45) is 11.7 Å². The van der Waals surface area contributed by atoms with Gasteiger partial charge < -0.3 is 16.4 Å². The number of carbonyl (C=O) groups excluding carboxylic acids is 2. The molecular formula is C11H17N5O2. The number of nitrogens with two attached hydrogens (primary N) is 1. The van der Waals surface area contributed by atoms with Gasteiger partial charge in [-0.1, -0.05) is 0 Å². The van der Waals surface area contributed by atoms with E-state index in [-0.39, 0.29) is 18.4 Å². The number of piperidine rings is 1. The second-order valence-corrected chi connectivity index (χ2v) is 4.43. The molecule has 7 nitrogen and oxygen atoms in total. The Labute approximate surface area is 105 Å². The smallest absolute Gasteiger partial charge is 0.239 e. The SMILES string of the molecule is NC(=O)Cn1cc(NC(=O)C2CCCNC2)cn1. The van der Waals surface area contributed by atoms with Crippen LogP contribution in [-0.2, 0) is 16.1 Å². The summed E-state index contributed by atoms with van der Waals surface area (Å²) >= 11 is 0. The molecule has 2 amide bonds. The summed E-state index contributed by atoms with van der Waals surface area (Å²) in [5, 5.41) is 9.92. The molecule has 1 aliphatic rings. The molecule has 0 spiro atoms. The maximum atomic E-state index is 11.9. The fourth-order valence-corrected chi connectivity index (χ4v) is 1.99. The molecule has 1 fully saturated rings. The molecule has 0 bridgehead atoms. The number of nitrogens with one attached hydrogen (secondary N) is 2. The standard InChI is InChI=1S/C11H17N5O2/c12-10(17)7-16-6-9(5-14-16)15-11(18)8-2-1-3-13-4-8/h5-6,8,13H,1-4,7H2,(H2,12,17)(H,15,18). The van der Waals surface area contributed by atoms with E-state index >= 15 is 0 Å². The monoisotopic (exact) mass is 251 g/mol. The molecular weight excluding hydrogens is 234 g/mol. The molecule has 4 N–H and O–H groups in total. The second-order valence-electron chi connectivity index (χ2n) is 4.43. The lowest BCUT2D eigenvalue weighted by molar-refractivity contribution is -0.120. The van der Waals surface area contributed by atoms with Crippen molar-refractivity contribution in [3.8, 4) is 0 Å². The maximum absolute atomic E-state index is 11.9. The molecule has 1 aliphatic heterocycles. The van der Waals surface area contributed by atoms with E-state index in [0.29, 0.717) is 12.2 Å². The van der Waals surface area contributed by atoms with Crippen LogP contribution in [0.1, 0.15) is 12.8 Å². The lowest BCUT2D eigenvalue weighted by Crippen LogP contribution is -2.37. The molecule has 98 valence electrons. The first kappa shape index (κ1) is 12.6. The summed E-state index contributed by atoms with van der Waals surface area (Å²) in [5.74, 6) is -0.480. The Morgan fingerprint density at radius 3 is 3.11 bits per heavy atom. The first-order valence-corrected chi connectivity index (χ1v) is 5.97. The Kier molecular flexibility index (Phi) is 3.93. The quantitative estimate of drug-likeness (QED) is 0.659. The van der Waals surface area contributed by atoms with Crippen LogP contribution >= 0.6 is 0 Å². The predicted octanol–water partition coefficient (Wildman–Crippen LogP) is -0.694. The minimum Gasteiger partial charge on any atom is -0.368 e. The molecule has 1 aromatic rings. The number of primary amides is 1. The highest BCUT2D eigenvalue weighted by molar-refractivity contribution is 5.92. The van der Waals surface area contributed by atoms with Gasteiger partial charge in [0.25, 0.3) is 0 Å². The minimum atomic E-state index is -0.465. The van der Waals surface area contributed by atoms with Crippen LogP contribution < -0.4 is 16.4 Å². The summed E-state index contributed by atoms with van der Waals surface area (Å²) in [6.45, 7) is 1.70. The zero-order chi connectivity index (χ0) is 13.0. The summed E-state index contributed by atoms with van der Waals surface area (Å²) in [7, 11) is 0. The number of rotatable bonds is 4. The zero-order valence-electron chi connectivity index (χ0n) is 10.1. The molecule has 7 heteroatoms. The van der Waals surface area contributed by atoms with E-state index in [2.05, 4.69) is 15.7 Å². The number of amides is 2. The Morgan fingerprint density at radius 2 is 2.44 bits per heavy atom. The number of aromatic nitrogens is 2. The third-order valence-corrected chi connectivity index (χ3v) is 2.89. The van der Waals surface area contributed by atoms with E-state index in [1.165, 1.54) is 10.9 Å². The summed E-state index contributed by atoms with van der Waals surface area (Å²) in [4.78, 5) is 22.6. The molecule has 1 saturated heterocycles. The van der Waals surface area contributed by atoms with Crippen molar-refractivity contribution >= 4 is 17.5 Å². The van der Waals surface area contributed by atoms with Gasteiger partial charge in [-0.3, -0.25) is 14.3 Å². The van der Waals surface area contributed by atoms with Crippen molar-refractivity contribution in [1.82, 2.24) is 15.1 Å². The molecule has 0 radical (unpaired) electrons. The molecule has 1 atom stereocenters. The van der Waals surface area contributed by atoms with Gasteiger partial charge in [-0.15, -0.1) is 0 Å². The lowest BCUT2D eigenvalue weighted by atomic mass is 9.99. The fraction of sp³-hybridized carbons (Fsp3) is 0.545. The van der Waals surface area contributed by atoms with Gasteiger partial charge >= 0.3 is 0 Å². The van der Waals surface area contributed by atoms with Crippen LogP contribution in [0.2, 0.25) is 0 Å². The van der Waals surface area contributed by atoms with Crippen molar-refractivity contribution in [1.29, 1.82) is 0 Å². The molecule has 0 aliphatic carbocycles. The molecule has 2 rings (SSSR count). The van der Waals surface area contributed by atoms with E-state index in [4.69, 9.17) is 5.73 Å². The van der Waals surface area contributed by atoms with Crippen molar-refractivity contribution in [3.05, 3.63) is 12.4 Å². The van der Waals surface area contributed by atoms with Crippen LogP contribution in [0.3, 0.4) is 0 Å². The fourth-order valence-electron chi connectivity index (χ4n) is 1.99. The van der Waals surface area contributed by atoms with Crippen LogP contribution in [0.5, 0.6) is 0 Å². The van der Waals surface area contributed by atoms with E-state index in [1.54, 1.807) is 6.20 Å². The topological polar surface area (TPSA) is 102 Å². The Hall–Kier alpha value is -1.89. The first-order chi connectivity index (χ1) is 8.65. The number of nitrogens with zero attached hydrogens (tertiary/aromatic N) is 2. The van der Waals surface area contributed by atoms with Gasteiger partial charge in [0.2, 0.25) is 11.8 Å². The van der Waals surface area contributed by atoms with Gasteiger partial charge in [0.1, 0.15) is 6.54 Å². The summed E-state index contributed by atoms with van der Waals surface area (Å²) in [6.07, 6.45) is 5.02. The molecule has 1 aromatic heterocycles. The van der Waals surface area contributed by atoms with Gasteiger partial charge in [-0.25, -0.2) is 0 Å². The highest BCUT2D eigenvalue weighted by Gasteiger charge is 2.21. The normalized spacial score (nSPS) is 19.4. The lowest BCUT2D eigenvalue weighted by Gasteiger charge is -2.21. The predicted molar refractivity (Wildman–Crippen MR) is 65.6 cm³/mol. The van der Waals surface area contributed by atoms with Crippen LogP contribution in [0, 0.1) is 5.92 Å². The molecule has 2 heterocycles. The van der Waals surface area contributed by atoms with Crippen LogP contribution in [0.15, 0.2) is 12.4 Å². The number of anilines is 1. The summed E-state index contributed by atoms with van der Waals surface area (Å²) in [5.41, 5.74) is 5.65. The van der Waals surface area contributed by atoms with E-state index < -0.39 is 5.91 Å². The van der Waals surface area contributed by atoms with Gasteiger partial charge in [0, 0.05) is 12.7 Å². The van der Waals surface area contributed by atoms with Crippen LogP contribution in [0.4, 0.5) is 5.69 Å². The molecule has 18 heavy (non-hydrogen) atoms. The largest absolute Gasteiger partial charge is 0.368 e. The summed E-state index contributed by atoms with van der Waals surface area (Å²) < 4.78 is 1.40. The average Bonchev–Trinajstić information content (AvgIpc) is 2.76. The second kappa shape index (κ2) is 5.63. The number of hydrogen-bond acceptors (Lipinski definition) is 4. The van der Waals surface area contributed by atoms with Gasteiger partial charge in [0.05, 0.1) is 17.8 Å².